The predicted molar refractivity (Wildman–Crippen MR) is 57.5 cm³/mol. The number of quaternary nitrogens is 1. The molecule has 1 heterocycles. The zero-order valence-corrected chi connectivity index (χ0v) is 8.68. The van der Waals surface area contributed by atoms with Crippen molar-refractivity contribution in [3.05, 3.63) is 34.9 Å². The van der Waals surface area contributed by atoms with Gasteiger partial charge in [0.05, 0.1) is 12.7 Å². The molecule has 1 aliphatic rings. The van der Waals surface area contributed by atoms with Crippen LogP contribution in [0.3, 0.4) is 0 Å². The van der Waals surface area contributed by atoms with Crippen LogP contribution in [0.4, 0.5) is 5.69 Å². The molecule has 0 bridgehead atoms. The van der Waals surface area contributed by atoms with Gasteiger partial charge in [-0.3, -0.25) is 5.32 Å². The van der Waals surface area contributed by atoms with Crippen LogP contribution in [0.5, 0.6) is 0 Å². The number of fused-ring (bicyclic) bond motifs is 1. The third-order valence-electron chi connectivity index (χ3n) is 2.45. The number of carbonyl (C=O) groups is 1. The van der Waals surface area contributed by atoms with Gasteiger partial charge in [0.2, 0.25) is 0 Å². The number of esters is 1. The lowest BCUT2D eigenvalue weighted by Gasteiger charge is -2.01. The predicted octanol–water partition coefficient (Wildman–Crippen LogP) is -0.965. The average Bonchev–Trinajstić information content (AvgIpc) is 2.70. The smallest absolute Gasteiger partial charge is 0.465 e. The number of hydrogen-bond acceptors (Lipinski definition) is 4. The lowest BCUT2D eigenvalue weighted by atomic mass is 9.86. The van der Waals surface area contributed by atoms with Crippen LogP contribution in [0.2, 0.25) is 0 Å². The molecule has 0 radical (unpaired) electrons. The second-order valence-corrected chi connectivity index (χ2v) is 3.50. The number of carbonyl (C=O) groups excluding carboxylic acids is 1. The fourth-order valence-electron chi connectivity index (χ4n) is 1.63. The molecule has 0 aliphatic carbocycles. The van der Waals surface area contributed by atoms with Gasteiger partial charge in [0.15, 0.2) is 0 Å². The molecule has 0 amide bonds. The first kappa shape index (κ1) is 10.9. The molecular weight excluding hydrogens is 209 g/mol. The van der Waals surface area contributed by atoms with Crippen molar-refractivity contribution in [1.29, 1.82) is 0 Å². The maximum Gasteiger partial charge on any atom is 0.548 e. The second kappa shape index (κ2) is 4.09. The molecule has 82 valence electrons. The van der Waals surface area contributed by atoms with E-state index in [1.54, 1.807) is 29.6 Å². The summed E-state index contributed by atoms with van der Waals surface area (Å²) in [4.78, 5) is 11.3. The highest BCUT2D eigenvalue weighted by atomic mass is 16.5. The van der Waals surface area contributed by atoms with Crippen LogP contribution in [-0.2, 0) is 4.74 Å². The van der Waals surface area contributed by atoms with E-state index in [9.17, 15) is 4.79 Å². The summed E-state index contributed by atoms with van der Waals surface area (Å²) >= 11 is 0. The Labute approximate surface area is 92.5 Å². The van der Waals surface area contributed by atoms with Crippen molar-refractivity contribution >= 4 is 24.9 Å². The first-order valence-electron chi connectivity index (χ1n) is 4.76. The maximum atomic E-state index is 11.3. The van der Waals surface area contributed by atoms with Crippen LogP contribution < -0.4 is 5.32 Å². The van der Waals surface area contributed by atoms with Crippen LogP contribution in [0, 0.1) is 0 Å². The van der Waals surface area contributed by atoms with E-state index in [0.717, 1.165) is 11.3 Å². The SMILES string of the molecule is COC(=O)c1ccc2c(c1)[NH2+]C(B(O)O)=C2. The van der Waals surface area contributed by atoms with Gasteiger partial charge in [0.1, 0.15) is 11.3 Å². The Kier molecular flexibility index (Phi) is 2.78. The van der Waals surface area contributed by atoms with Gasteiger partial charge < -0.3 is 14.8 Å². The summed E-state index contributed by atoms with van der Waals surface area (Å²) in [6.07, 6.45) is 1.67. The molecule has 0 spiro atoms. The minimum atomic E-state index is -1.49. The molecule has 1 aromatic carbocycles. The van der Waals surface area contributed by atoms with Gasteiger partial charge in [0, 0.05) is 17.7 Å². The molecule has 1 aromatic rings. The molecule has 4 N–H and O–H groups in total. The average molecular weight is 220 g/mol. The zero-order valence-electron chi connectivity index (χ0n) is 8.68. The largest absolute Gasteiger partial charge is 0.548 e. The van der Waals surface area contributed by atoms with E-state index in [1.165, 1.54) is 7.11 Å². The second-order valence-electron chi connectivity index (χ2n) is 3.50. The molecule has 5 nitrogen and oxygen atoms in total. The van der Waals surface area contributed by atoms with E-state index >= 15 is 0 Å². The number of benzene rings is 1. The molecule has 16 heavy (non-hydrogen) atoms. The molecule has 0 saturated carbocycles. The Morgan fingerprint density at radius 3 is 2.81 bits per heavy atom. The van der Waals surface area contributed by atoms with Crippen molar-refractivity contribution in [3.63, 3.8) is 0 Å². The van der Waals surface area contributed by atoms with Crippen molar-refractivity contribution in [1.82, 2.24) is 0 Å². The summed E-state index contributed by atoms with van der Waals surface area (Å²) in [6.45, 7) is 0. The molecule has 1 aliphatic heterocycles. The van der Waals surface area contributed by atoms with Crippen LogP contribution in [0.1, 0.15) is 15.9 Å². The fraction of sp³-hybridized carbons (Fsp3) is 0.100. The van der Waals surface area contributed by atoms with Gasteiger partial charge >= 0.3 is 13.1 Å². The summed E-state index contributed by atoms with van der Waals surface area (Å²) in [5.41, 5.74) is 2.50. The number of rotatable bonds is 2. The summed E-state index contributed by atoms with van der Waals surface area (Å²) < 4.78 is 4.60. The summed E-state index contributed by atoms with van der Waals surface area (Å²) in [5.74, 6) is -0.408. The quantitative estimate of drug-likeness (QED) is 0.340. The lowest BCUT2D eigenvalue weighted by molar-refractivity contribution is -0.504. The summed E-state index contributed by atoms with van der Waals surface area (Å²) in [6, 6.07) is 5.04. The number of hydrogen-bond donors (Lipinski definition) is 3. The lowest BCUT2D eigenvalue weighted by Crippen LogP contribution is -2.77. The molecule has 0 unspecified atom stereocenters. The summed E-state index contributed by atoms with van der Waals surface area (Å²) in [5, 5.41) is 19.7. The number of nitrogens with two attached hydrogens (primary N) is 1. The minimum Gasteiger partial charge on any atom is -0.465 e. The van der Waals surface area contributed by atoms with Gasteiger partial charge in [-0.1, -0.05) is 0 Å². The molecule has 6 heteroatoms. The Balaban J connectivity index is 2.30. The van der Waals surface area contributed by atoms with Gasteiger partial charge in [-0.05, 0) is 12.1 Å². The molecule has 2 rings (SSSR count). The maximum absolute atomic E-state index is 11.3. The highest BCUT2D eigenvalue weighted by molar-refractivity contribution is 6.50. The van der Waals surface area contributed by atoms with Crippen molar-refractivity contribution in [2.75, 3.05) is 7.11 Å². The highest BCUT2D eigenvalue weighted by Crippen LogP contribution is 2.20. The molecule has 0 saturated heterocycles. The van der Waals surface area contributed by atoms with Crippen LogP contribution in [0.25, 0.3) is 6.08 Å². The number of ether oxygens (including phenoxy) is 1. The molecule has 0 fully saturated rings. The monoisotopic (exact) mass is 220 g/mol. The minimum absolute atomic E-state index is 0.408. The molecule has 0 atom stereocenters. The first-order valence-corrected chi connectivity index (χ1v) is 4.76. The van der Waals surface area contributed by atoms with Gasteiger partial charge in [-0.15, -0.1) is 0 Å². The Morgan fingerprint density at radius 1 is 1.44 bits per heavy atom. The third kappa shape index (κ3) is 1.86. The van der Waals surface area contributed by atoms with Crippen molar-refractivity contribution in [2.45, 2.75) is 0 Å². The summed E-state index contributed by atoms with van der Waals surface area (Å²) in [7, 11) is -0.172. The first-order chi connectivity index (χ1) is 7.61. The van der Waals surface area contributed by atoms with Crippen molar-refractivity contribution < 1.29 is 24.9 Å². The Morgan fingerprint density at radius 2 is 2.19 bits per heavy atom. The topological polar surface area (TPSA) is 83.4 Å². The standard InChI is InChI=1S/C10H10BNO4/c1-16-10(13)7-3-2-6-5-9(11(14)15)12-8(6)4-7/h2-5,12,14-15H,1H3/p+1. The normalized spacial score (nSPS) is 13.1. The van der Waals surface area contributed by atoms with Crippen molar-refractivity contribution in [3.8, 4) is 0 Å². The Bertz CT molecular complexity index is 470. The van der Waals surface area contributed by atoms with Gasteiger partial charge in [0.25, 0.3) is 0 Å². The number of methoxy groups -OCH3 is 1. The molecular formula is C10H11BNO4+. The van der Waals surface area contributed by atoms with E-state index < -0.39 is 13.1 Å². The zero-order chi connectivity index (χ0) is 11.7. The van der Waals surface area contributed by atoms with Gasteiger partial charge in [-0.2, -0.15) is 0 Å². The highest BCUT2D eigenvalue weighted by Gasteiger charge is 2.27. The van der Waals surface area contributed by atoms with E-state index in [1.807, 2.05) is 0 Å². The van der Waals surface area contributed by atoms with E-state index in [2.05, 4.69) is 4.74 Å². The van der Waals surface area contributed by atoms with E-state index in [4.69, 9.17) is 10.0 Å². The third-order valence-corrected chi connectivity index (χ3v) is 2.45. The molecule has 0 aromatic heterocycles. The van der Waals surface area contributed by atoms with Crippen LogP contribution in [0.15, 0.2) is 23.8 Å². The fourth-order valence-corrected chi connectivity index (χ4v) is 1.63. The van der Waals surface area contributed by atoms with Gasteiger partial charge in [-0.25, -0.2) is 4.79 Å². The van der Waals surface area contributed by atoms with Crippen LogP contribution in [-0.4, -0.2) is 30.2 Å². The van der Waals surface area contributed by atoms with Crippen molar-refractivity contribution in [2.24, 2.45) is 0 Å². The van der Waals surface area contributed by atoms with E-state index in [0.29, 0.717) is 11.2 Å². The Hall–Kier alpha value is -1.63. The van der Waals surface area contributed by atoms with Crippen LogP contribution >= 0.6 is 0 Å². The van der Waals surface area contributed by atoms with E-state index in [-0.39, 0.29) is 0 Å².